The first-order valence-electron chi connectivity index (χ1n) is 6.95. The SMILES string of the molecule is CC1CC(NC(=O)CN2CCCCC2=O)CCN1. The second-order valence-corrected chi connectivity index (χ2v) is 5.42. The van der Waals surface area contributed by atoms with Gasteiger partial charge in [0.2, 0.25) is 11.8 Å². The summed E-state index contributed by atoms with van der Waals surface area (Å²) in [6, 6.07) is 0.717. The van der Waals surface area contributed by atoms with Crippen LogP contribution in [0.4, 0.5) is 0 Å². The molecule has 2 fully saturated rings. The van der Waals surface area contributed by atoms with Gasteiger partial charge < -0.3 is 15.5 Å². The summed E-state index contributed by atoms with van der Waals surface area (Å²) in [5, 5.41) is 6.40. The van der Waals surface area contributed by atoms with Crippen molar-refractivity contribution in [2.24, 2.45) is 0 Å². The molecule has 0 aliphatic carbocycles. The van der Waals surface area contributed by atoms with Crippen molar-refractivity contribution in [1.82, 2.24) is 15.5 Å². The molecular formula is C13H23N3O2. The van der Waals surface area contributed by atoms with Crippen LogP contribution in [0.2, 0.25) is 0 Å². The molecule has 102 valence electrons. The van der Waals surface area contributed by atoms with Gasteiger partial charge in [-0.25, -0.2) is 0 Å². The number of amides is 2. The summed E-state index contributed by atoms with van der Waals surface area (Å²) in [4.78, 5) is 25.2. The van der Waals surface area contributed by atoms with Crippen molar-refractivity contribution < 1.29 is 9.59 Å². The number of likely N-dealkylation sites (tertiary alicyclic amines) is 1. The third-order valence-electron chi connectivity index (χ3n) is 3.74. The van der Waals surface area contributed by atoms with Gasteiger partial charge in [-0.3, -0.25) is 9.59 Å². The minimum Gasteiger partial charge on any atom is -0.352 e. The third-order valence-corrected chi connectivity index (χ3v) is 3.74. The van der Waals surface area contributed by atoms with Crippen molar-refractivity contribution in [3.8, 4) is 0 Å². The van der Waals surface area contributed by atoms with E-state index in [1.54, 1.807) is 4.90 Å². The molecule has 2 aliphatic heterocycles. The fourth-order valence-electron chi connectivity index (χ4n) is 2.74. The van der Waals surface area contributed by atoms with E-state index in [2.05, 4.69) is 17.6 Å². The highest BCUT2D eigenvalue weighted by molar-refractivity contribution is 5.85. The predicted octanol–water partition coefficient (Wildman–Crippen LogP) is 0.256. The lowest BCUT2D eigenvalue weighted by atomic mass is 10.0. The van der Waals surface area contributed by atoms with E-state index in [0.29, 0.717) is 12.5 Å². The van der Waals surface area contributed by atoms with Crippen LogP contribution in [0.25, 0.3) is 0 Å². The van der Waals surface area contributed by atoms with Crippen molar-refractivity contribution >= 4 is 11.8 Å². The van der Waals surface area contributed by atoms with Crippen molar-refractivity contribution in [3.63, 3.8) is 0 Å². The zero-order chi connectivity index (χ0) is 13.0. The van der Waals surface area contributed by atoms with Gasteiger partial charge in [-0.1, -0.05) is 0 Å². The molecule has 2 rings (SSSR count). The summed E-state index contributed by atoms with van der Waals surface area (Å²) in [5.74, 6) is 0.111. The Balaban J connectivity index is 1.75. The van der Waals surface area contributed by atoms with Gasteiger partial charge in [0.15, 0.2) is 0 Å². The maximum atomic E-state index is 11.9. The molecule has 2 atom stereocenters. The van der Waals surface area contributed by atoms with E-state index in [4.69, 9.17) is 0 Å². The minimum atomic E-state index is -0.00986. The van der Waals surface area contributed by atoms with Gasteiger partial charge in [0.1, 0.15) is 0 Å². The van der Waals surface area contributed by atoms with Crippen LogP contribution in [0.5, 0.6) is 0 Å². The molecule has 2 heterocycles. The van der Waals surface area contributed by atoms with Crippen molar-refractivity contribution in [2.75, 3.05) is 19.6 Å². The molecule has 0 aromatic carbocycles. The molecule has 2 aliphatic rings. The van der Waals surface area contributed by atoms with Crippen LogP contribution in [-0.2, 0) is 9.59 Å². The molecule has 0 aromatic rings. The van der Waals surface area contributed by atoms with Gasteiger partial charge >= 0.3 is 0 Å². The second kappa shape index (κ2) is 6.18. The fourth-order valence-corrected chi connectivity index (χ4v) is 2.74. The lowest BCUT2D eigenvalue weighted by Gasteiger charge is -2.30. The summed E-state index contributed by atoms with van der Waals surface area (Å²) >= 11 is 0. The number of hydrogen-bond donors (Lipinski definition) is 2. The van der Waals surface area contributed by atoms with Gasteiger partial charge in [0.25, 0.3) is 0 Å². The Morgan fingerprint density at radius 2 is 2.33 bits per heavy atom. The lowest BCUT2D eigenvalue weighted by molar-refractivity contribution is -0.138. The molecular weight excluding hydrogens is 230 g/mol. The van der Waals surface area contributed by atoms with E-state index < -0.39 is 0 Å². The molecule has 0 spiro atoms. The molecule has 0 radical (unpaired) electrons. The van der Waals surface area contributed by atoms with Gasteiger partial charge in [-0.2, -0.15) is 0 Å². The van der Waals surface area contributed by atoms with Gasteiger partial charge in [0.05, 0.1) is 6.54 Å². The monoisotopic (exact) mass is 253 g/mol. The lowest BCUT2D eigenvalue weighted by Crippen LogP contribution is -2.50. The quantitative estimate of drug-likeness (QED) is 0.758. The Morgan fingerprint density at radius 1 is 1.50 bits per heavy atom. The number of carbonyl (C=O) groups excluding carboxylic acids is 2. The third kappa shape index (κ3) is 3.70. The molecule has 2 N–H and O–H groups in total. The Kier molecular flexibility index (Phi) is 4.58. The van der Waals surface area contributed by atoms with E-state index in [0.717, 1.165) is 38.8 Å². The van der Waals surface area contributed by atoms with Crippen LogP contribution in [0.15, 0.2) is 0 Å². The molecule has 5 nitrogen and oxygen atoms in total. The highest BCUT2D eigenvalue weighted by Gasteiger charge is 2.23. The average Bonchev–Trinajstić information content (AvgIpc) is 2.32. The summed E-state index contributed by atoms with van der Waals surface area (Å²) in [6.45, 7) is 4.05. The maximum Gasteiger partial charge on any atom is 0.239 e. The summed E-state index contributed by atoms with van der Waals surface area (Å²) in [5.41, 5.74) is 0. The molecule has 5 heteroatoms. The molecule has 18 heavy (non-hydrogen) atoms. The summed E-state index contributed by atoms with van der Waals surface area (Å²) < 4.78 is 0. The minimum absolute atomic E-state index is 0.00986. The molecule has 2 amide bonds. The van der Waals surface area contributed by atoms with Crippen LogP contribution < -0.4 is 10.6 Å². The largest absolute Gasteiger partial charge is 0.352 e. The number of piperidine rings is 2. The van der Waals surface area contributed by atoms with Gasteiger partial charge in [-0.05, 0) is 39.2 Å². The topological polar surface area (TPSA) is 61.4 Å². The van der Waals surface area contributed by atoms with Crippen molar-refractivity contribution in [2.45, 2.75) is 51.1 Å². The Hall–Kier alpha value is -1.10. The molecule has 0 saturated carbocycles. The first-order valence-corrected chi connectivity index (χ1v) is 6.95. The average molecular weight is 253 g/mol. The maximum absolute atomic E-state index is 11.9. The zero-order valence-corrected chi connectivity index (χ0v) is 11.1. The van der Waals surface area contributed by atoms with E-state index in [-0.39, 0.29) is 24.4 Å². The van der Waals surface area contributed by atoms with Crippen LogP contribution in [-0.4, -0.2) is 48.4 Å². The molecule has 0 aromatic heterocycles. The predicted molar refractivity (Wildman–Crippen MR) is 69.1 cm³/mol. The van der Waals surface area contributed by atoms with E-state index in [1.807, 2.05) is 0 Å². The van der Waals surface area contributed by atoms with Gasteiger partial charge in [0, 0.05) is 25.0 Å². The van der Waals surface area contributed by atoms with E-state index in [9.17, 15) is 9.59 Å². The summed E-state index contributed by atoms with van der Waals surface area (Å²) in [6.07, 6.45) is 4.52. The first kappa shape index (κ1) is 13.3. The fraction of sp³-hybridized carbons (Fsp3) is 0.846. The van der Waals surface area contributed by atoms with Crippen LogP contribution in [0.3, 0.4) is 0 Å². The van der Waals surface area contributed by atoms with Crippen LogP contribution >= 0.6 is 0 Å². The molecule has 2 saturated heterocycles. The van der Waals surface area contributed by atoms with Gasteiger partial charge in [-0.15, -0.1) is 0 Å². The zero-order valence-electron chi connectivity index (χ0n) is 11.1. The van der Waals surface area contributed by atoms with Crippen molar-refractivity contribution in [3.05, 3.63) is 0 Å². The molecule has 2 unspecified atom stereocenters. The number of rotatable bonds is 3. The first-order chi connectivity index (χ1) is 8.65. The Morgan fingerprint density at radius 3 is 3.06 bits per heavy atom. The van der Waals surface area contributed by atoms with E-state index >= 15 is 0 Å². The smallest absolute Gasteiger partial charge is 0.239 e. The normalized spacial score (nSPS) is 29.2. The van der Waals surface area contributed by atoms with Crippen molar-refractivity contribution in [1.29, 1.82) is 0 Å². The number of carbonyl (C=O) groups is 2. The Labute approximate surface area is 108 Å². The molecule has 0 bridgehead atoms. The van der Waals surface area contributed by atoms with Crippen LogP contribution in [0, 0.1) is 0 Å². The highest BCUT2D eigenvalue weighted by Crippen LogP contribution is 2.11. The highest BCUT2D eigenvalue weighted by atomic mass is 16.2. The standard InChI is InChI=1S/C13H23N3O2/c1-10-8-11(5-6-14-10)15-12(17)9-16-7-3-2-4-13(16)18/h10-11,14H,2-9H2,1H3,(H,15,17). The second-order valence-electron chi connectivity index (χ2n) is 5.42. The number of hydrogen-bond acceptors (Lipinski definition) is 3. The summed E-state index contributed by atoms with van der Waals surface area (Å²) in [7, 11) is 0. The number of nitrogens with zero attached hydrogens (tertiary/aromatic N) is 1. The Bertz CT molecular complexity index is 319. The van der Waals surface area contributed by atoms with E-state index in [1.165, 1.54) is 0 Å². The number of nitrogens with one attached hydrogen (secondary N) is 2. The van der Waals surface area contributed by atoms with Crippen LogP contribution in [0.1, 0.15) is 39.0 Å².